The molecule has 0 aromatic heterocycles. The van der Waals surface area contributed by atoms with Gasteiger partial charge in [0.15, 0.2) is 16.7 Å². The van der Waals surface area contributed by atoms with Gasteiger partial charge in [-0.1, -0.05) is 49.1 Å². The highest BCUT2D eigenvalue weighted by Gasteiger charge is 2.35. The number of anilines is 1. The van der Waals surface area contributed by atoms with Crippen LogP contribution < -0.4 is 14.4 Å². The van der Waals surface area contributed by atoms with Gasteiger partial charge in [-0.25, -0.2) is 4.99 Å². The first-order valence-corrected chi connectivity index (χ1v) is 13.2. The van der Waals surface area contributed by atoms with E-state index in [9.17, 15) is 4.79 Å². The largest absolute Gasteiger partial charge is 0.490 e. The van der Waals surface area contributed by atoms with Crippen molar-refractivity contribution in [2.75, 3.05) is 18.1 Å². The number of aliphatic imine (C=N–C) groups is 1. The molecule has 0 atom stereocenters. The third kappa shape index (κ3) is 5.58. The summed E-state index contributed by atoms with van der Waals surface area (Å²) < 4.78 is 12.3. The fraction of sp³-hybridized carbons (Fsp3) is 0.172. The molecule has 1 aliphatic heterocycles. The highest BCUT2D eigenvalue weighted by Crippen LogP contribution is 2.41. The third-order valence-electron chi connectivity index (χ3n) is 5.47. The topological polar surface area (TPSA) is 51.1 Å². The zero-order valence-corrected chi connectivity index (χ0v) is 22.9. The quantitative estimate of drug-likeness (QED) is 0.207. The Morgan fingerprint density at radius 3 is 2.47 bits per heavy atom. The molecule has 4 rings (SSSR count). The van der Waals surface area contributed by atoms with Gasteiger partial charge in [-0.05, 0) is 95.5 Å². The van der Waals surface area contributed by atoms with Gasteiger partial charge in [0.25, 0.3) is 5.91 Å². The van der Waals surface area contributed by atoms with Crippen molar-refractivity contribution in [2.24, 2.45) is 4.99 Å². The molecule has 0 bridgehead atoms. The lowest BCUT2D eigenvalue weighted by atomic mass is 10.1. The van der Waals surface area contributed by atoms with Crippen molar-refractivity contribution in [3.63, 3.8) is 0 Å². The van der Waals surface area contributed by atoms with E-state index in [1.165, 1.54) is 11.8 Å². The lowest BCUT2D eigenvalue weighted by molar-refractivity contribution is -0.113. The van der Waals surface area contributed by atoms with Crippen LogP contribution in [0.4, 0.5) is 11.4 Å². The number of para-hydroxylation sites is 2. The molecule has 0 unspecified atom stereocenters. The molecule has 0 aliphatic carbocycles. The molecule has 7 heteroatoms. The zero-order chi connectivity index (χ0) is 25.7. The molecule has 1 saturated heterocycles. The average Bonchev–Trinajstić information content (AvgIpc) is 3.15. The Kier molecular flexibility index (Phi) is 8.33. The van der Waals surface area contributed by atoms with E-state index in [0.717, 1.165) is 32.5 Å². The summed E-state index contributed by atoms with van der Waals surface area (Å²) in [5, 5.41) is 0.616. The number of nitrogens with zero attached hydrogens (tertiary/aromatic N) is 2. The van der Waals surface area contributed by atoms with E-state index < -0.39 is 0 Å². The molecule has 5 nitrogen and oxygen atoms in total. The van der Waals surface area contributed by atoms with E-state index in [1.807, 2.05) is 87.5 Å². The summed E-state index contributed by atoms with van der Waals surface area (Å²) >= 11 is 4.95. The zero-order valence-electron chi connectivity index (χ0n) is 20.5. The number of carbonyl (C=O) groups is 1. The van der Waals surface area contributed by atoms with Crippen molar-refractivity contribution in [3.8, 4) is 11.5 Å². The third-order valence-corrected chi connectivity index (χ3v) is 7.03. The van der Waals surface area contributed by atoms with Crippen LogP contribution >= 0.6 is 27.7 Å². The minimum absolute atomic E-state index is 0.122. The fourth-order valence-electron chi connectivity index (χ4n) is 3.74. The van der Waals surface area contributed by atoms with Crippen molar-refractivity contribution >= 4 is 56.2 Å². The number of ether oxygens (including phenoxy) is 2. The minimum atomic E-state index is -0.122. The predicted molar refractivity (Wildman–Crippen MR) is 154 cm³/mol. The van der Waals surface area contributed by atoms with Gasteiger partial charge in [-0.15, -0.1) is 0 Å². The van der Waals surface area contributed by atoms with Crippen molar-refractivity contribution in [2.45, 2.75) is 20.8 Å². The Balaban J connectivity index is 1.79. The molecule has 0 saturated carbocycles. The molecule has 1 aliphatic rings. The van der Waals surface area contributed by atoms with Gasteiger partial charge in [0, 0.05) is 0 Å². The number of amides is 1. The number of amidine groups is 1. The van der Waals surface area contributed by atoms with Crippen LogP contribution in [0.15, 0.2) is 87.7 Å². The molecular weight excluding hydrogens is 536 g/mol. The number of benzene rings is 3. The van der Waals surface area contributed by atoms with E-state index in [1.54, 1.807) is 11.0 Å². The molecule has 184 valence electrons. The molecule has 1 fully saturated rings. The molecule has 0 radical (unpaired) electrons. The van der Waals surface area contributed by atoms with Gasteiger partial charge in [0.2, 0.25) is 0 Å². The van der Waals surface area contributed by atoms with Crippen LogP contribution in [0, 0.1) is 13.8 Å². The Bertz CT molecular complexity index is 1370. The van der Waals surface area contributed by atoms with Crippen LogP contribution in [-0.2, 0) is 4.79 Å². The number of hydrogen-bond donors (Lipinski definition) is 0. The van der Waals surface area contributed by atoms with Crippen LogP contribution in [0.1, 0.15) is 23.6 Å². The van der Waals surface area contributed by atoms with Crippen molar-refractivity contribution in [1.29, 1.82) is 0 Å². The van der Waals surface area contributed by atoms with Gasteiger partial charge < -0.3 is 9.47 Å². The molecule has 0 spiro atoms. The SMILES string of the molecule is C=CCOc1c(Br)cc(/C=C2/SC(=Nc3ccccc3C)N(c3ccccc3C)C2=O)cc1OCC. The minimum Gasteiger partial charge on any atom is -0.490 e. The normalized spacial score (nSPS) is 15.6. The maximum atomic E-state index is 13.7. The Morgan fingerprint density at radius 1 is 1.06 bits per heavy atom. The Labute approximate surface area is 224 Å². The van der Waals surface area contributed by atoms with Gasteiger partial charge in [0.1, 0.15) is 6.61 Å². The monoisotopic (exact) mass is 562 g/mol. The summed E-state index contributed by atoms with van der Waals surface area (Å²) in [6.45, 7) is 10.5. The smallest absolute Gasteiger partial charge is 0.271 e. The van der Waals surface area contributed by atoms with E-state index >= 15 is 0 Å². The number of halogens is 1. The maximum absolute atomic E-state index is 13.7. The first-order chi connectivity index (χ1) is 17.4. The summed E-state index contributed by atoms with van der Waals surface area (Å²) in [5.74, 6) is 1.08. The van der Waals surface area contributed by atoms with Gasteiger partial charge in [0.05, 0.1) is 27.4 Å². The first-order valence-electron chi connectivity index (χ1n) is 11.6. The van der Waals surface area contributed by atoms with Crippen molar-refractivity contribution in [3.05, 3.63) is 99.4 Å². The molecule has 0 N–H and O–H groups in total. The maximum Gasteiger partial charge on any atom is 0.271 e. The first kappa shape index (κ1) is 25.8. The van der Waals surface area contributed by atoms with Crippen LogP contribution in [0.5, 0.6) is 11.5 Å². The molecule has 3 aromatic rings. The lowest BCUT2D eigenvalue weighted by Gasteiger charge is -2.18. The summed E-state index contributed by atoms with van der Waals surface area (Å²) in [5.41, 5.74) is 4.50. The molecule has 1 heterocycles. The van der Waals surface area contributed by atoms with Crippen LogP contribution in [0.25, 0.3) is 6.08 Å². The second kappa shape index (κ2) is 11.6. The standard InChI is InChI=1S/C29H27BrN2O3S/c1-5-15-35-27-22(30)16-21(17-25(27)34-6-2)18-26-28(33)32(24-14-10-8-12-20(24)4)29(36-26)31-23-13-9-7-11-19(23)3/h5,7-14,16-18H,1,6,15H2,2-4H3/b26-18+,31-29?. The molecular formula is C29H27BrN2O3S. The molecule has 1 amide bonds. The Hall–Kier alpha value is -3.29. The van der Waals surface area contributed by atoms with E-state index in [4.69, 9.17) is 14.5 Å². The lowest BCUT2D eigenvalue weighted by Crippen LogP contribution is -2.29. The highest BCUT2D eigenvalue weighted by atomic mass is 79.9. The number of rotatable bonds is 8. The summed E-state index contributed by atoms with van der Waals surface area (Å²) in [7, 11) is 0. The van der Waals surface area contributed by atoms with E-state index in [-0.39, 0.29) is 5.91 Å². The highest BCUT2D eigenvalue weighted by molar-refractivity contribution is 9.10. The average molecular weight is 564 g/mol. The predicted octanol–water partition coefficient (Wildman–Crippen LogP) is 7.84. The number of hydrogen-bond acceptors (Lipinski definition) is 5. The van der Waals surface area contributed by atoms with Gasteiger partial charge >= 0.3 is 0 Å². The fourth-order valence-corrected chi connectivity index (χ4v) is 5.30. The van der Waals surface area contributed by atoms with Crippen LogP contribution in [0.3, 0.4) is 0 Å². The number of carbonyl (C=O) groups excluding carboxylic acids is 1. The van der Waals surface area contributed by atoms with Gasteiger partial charge in [-0.2, -0.15) is 0 Å². The van der Waals surface area contributed by atoms with Crippen molar-refractivity contribution in [1.82, 2.24) is 0 Å². The molecule has 3 aromatic carbocycles. The van der Waals surface area contributed by atoms with E-state index in [0.29, 0.717) is 34.8 Å². The van der Waals surface area contributed by atoms with Crippen LogP contribution in [0.2, 0.25) is 0 Å². The summed E-state index contributed by atoms with van der Waals surface area (Å²) in [4.78, 5) is 20.9. The van der Waals surface area contributed by atoms with Crippen molar-refractivity contribution < 1.29 is 14.3 Å². The number of thioether (sulfide) groups is 1. The van der Waals surface area contributed by atoms with Crippen LogP contribution in [-0.4, -0.2) is 24.3 Å². The summed E-state index contributed by atoms with van der Waals surface area (Å²) in [6.07, 6.45) is 3.55. The summed E-state index contributed by atoms with van der Waals surface area (Å²) in [6, 6.07) is 19.5. The van der Waals surface area contributed by atoms with Gasteiger partial charge in [-0.3, -0.25) is 9.69 Å². The molecule has 36 heavy (non-hydrogen) atoms. The van der Waals surface area contributed by atoms with E-state index in [2.05, 4.69) is 22.5 Å². The Morgan fingerprint density at radius 2 is 1.78 bits per heavy atom. The second-order valence-corrected chi connectivity index (χ2v) is 9.94. The second-order valence-electron chi connectivity index (χ2n) is 8.08. The number of aryl methyl sites for hydroxylation is 2.